The lowest BCUT2D eigenvalue weighted by atomic mass is 10.1. The number of carbonyl (C=O) groups excluding carboxylic acids is 2. The van der Waals surface area contributed by atoms with E-state index in [9.17, 15) is 9.59 Å². The van der Waals surface area contributed by atoms with E-state index in [1.807, 2.05) is 23.6 Å². The maximum atomic E-state index is 12.1. The molecule has 5 nitrogen and oxygen atoms in total. The molecule has 24 heavy (non-hydrogen) atoms. The molecule has 0 aliphatic carbocycles. The molecule has 126 valence electrons. The van der Waals surface area contributed by atoms with Gasteiger partial charge < -0.3 is 10.6 Å². The minimum Gasteiger partial charge on any atom is -0.346 e. The monoisotopic (exact) mass is 343 g/mol. The fourth-order valence-electron chi connectivity index (χ4n) is 2.95. The molecule has 0 saturated carbocycles. The Morgan fingerprint density at radius 2 is 1.83 bits per heavy atom. The van der Waals surface area contributed by atoms with E-state index in [1.165, 1.54) is 18.4 Å². The number of benzene rings is 1. The van der Waals surface area contributed by atoms with Gasteiger partial charge in [-0.05, 0) is 60.5 Å². The lowest BCUT2D eigenvalue weighted by molar-refractivity contribution is -0.136. The lowest BCUT2D eigenvalue weighted by Gasteiger charge is -2.27. The molecule has 1 aliphatic heterocycles. The van der Waals surface area contributed by atoms with Gasteiger partial charge in [-0.3, -0.25) is 14.5 Å². The Kier molecular flexibility index (Phi) is 5.61. The van der Waals surface area contributed by atoms with Crippen LogP contribution in [0.3, 0.4) is 0 Å². The average Bonchev–Trinajstić information content (AvgIpc) is 3.30. The molecular weight excluding hydrogens is 322 g/mol. The third-order valence-corrected chi connectivity index (χ3v) is 4.90. The zero-order chi connectivity index (χ0) is 16.8. The summed E-state index contributed by atoms with van der Waals surface area (Å²) in [5.74, 6) is -1.23. The number of nitrogens with zero attached hydrogens (tertiary/aromatic N) is 1. The number of amides is 2. The average molecular weight is 343 g/mol. The second-order valence-electron chi connectivity index (χ2n) is 5.85. The van der Waals surface area contributed by atoms with Crippen molar-refractivity contribution in [2.24, 2.45) is 0 Å². The van der Waals surface area contributed by atoms with E-state index in [4.69, 9.17) is 0 Å². The largest absolute Gasteiger partial charge is 0.346 e. The lowest BCUT2D eigenvalue weighted by Crippen LogP contribution is -2.41. The number of hydrogen-bond donors (Lipinski definition) is 2. The number of carbonyl (C=O) groups is 2. The molecule has 2 amide bonds. The van der Waals surface area contributed by atoms with E-state index < -0.39 is 11.8 Å². The molecule has 0 radical (unpaired) electrons. The van der Waals surface area contributed by atoms with Crippen LogP contribution in [0.4, 0.5) is 5.69 Å². The first-order chi connectivity index (χ1) is 11.7. The van der Waals surface area contributed by atoms with Crippen LogP contribution in [0.1, 0.15) is 24.4 Å². The highest BCUT2D eigenvalue weighted by atomic mass is 32.1. The molecule has 1 aromatic heterocycles. The van der Waals surface area contributed by atoms with E-state index >= 15 is 0 Å². The third kappa shape index (κ3) is 4.21. The topological polar surface area (TPSA) is 61.4 Å². The van der Waals surface area contributed by atoms with Gasteiger partial charge in [0.25, 0.3) is 0 Å². The van der Waals surface area contributed by atoms with Crippen LogP contribution in [0.2, 0.25) is 0 Å². The maximum Gasteiger partial charge on any atom is 0.313 e. The second kappa shape index (κ2) is 8.08. The van der Waals surface area contributed by atoms with Crippen molar-refractivity contribution in [2.45, 2.75) is 18.9 Å². The predicted molar refractivity (Wildman–Crippen MR) is 95.9 cm³/mol. The van der Waals surface area contributed by atoms with Gasteiger partial charge in [-0.25, -0.2) is 0 Å². The maximum absolute atomic E-state index is 12.1. The van der Waals surface area contributed by atoms with Gasteiger partial charge in [-0.15, -0.1) is 0 Å². The van der Waals surface area contributed by atoms with Crippen LogP contribution in [0.15, 0.2) is 47.2 Å². The quantitative estimate of drug-likeness (QED) is 0.821. The number of likely N-dealkylation sites (tertiary alicyclic amines) is 1. The fourth-order valence-corrected chi connectivity index (χ4v) is 3.66. The van der Waals surface area contributed by atoms with Crippen LogP contribution in [0, 0.1) is 0 Å². The van der Waals surface area contributed by atoms with Crippen molar-refractivity contribution in [1.82, 2.24) is 10.2 Å². The smallest absolute Gasteiger partial charge is 0.313 e. The SMILES string of the molecule is O=C(NCC(c1ccsc1)N1CCCC1)C(=O)Nc1ccccc1. The van der Waals surface area contributed by atoms with Gasteiger partial charge in [0.05, 0.1) is 6.04 Å². The molecule has 2 N–H and O–H groups in total. The van der Waals surface area contributed by atoms with Gasteiger partial charge in [0.1, 0.15) is 0 Å². The van der Waals surface area contributed by atoms with Gasteiger partial charge in [-0.1, -0.05) is 18.2 Å². The Labute approximate surface area is 145 Å². The van der Waals surface area contributed by atoms with Crippen LogP contribution in [-0.2, 0) is 9.59 Å². The summed E-state index contributed by atoms with van der Waals surface area (Å²) in [6.07, 6.45) is 2.37. The number of rotatable bonds is 5. The molecule has 1 unspecified atom stereocenters. The van der Waals surface area contributed by atoms with Crippen molar-refractivity contribution in [2.75, 3.05) is 25.0 Å². The van der Waals surface area contributed by atoms with Gasteiger partial charge in [-0.2, -0.15) is 11.3 Å². The summed E-state index contributed by atoms with van der Waals surface area (Å²) in [7, 11) is 0. The van der Waals surface area contributed by atoms with Crippen LogP contribution >= 0.6 is 11.3 Å². The summed E-state index contributed by atoms with van der Waals surface area (Å²) in [6.45, 7) is 2.51. The Balaban J connectivity index is 1.57. The van der Waals surface area contributed by atoms with E-state index in [1.54, 1.807) is 23.5 Å². The first-order valence-electron chi connectivity index (χ1n) is 8.14. The molecular formula is C18H21N3O2S. The molecule has 1 aliphatic rings. The van der Waals surface area contributed by atoms with Gasteiger partial charge in [0.2, 0.25) is 0 Å². The number of nitrogens with one attached hydrogen (secondary N) is 2. The van der Waals surface area contributed by atoms with Crippen LogP contribution in [0.5, 0.6) is 0 Å². The predicted octanol–water partition coefficient (Wildman–Crippen LogP) is 2.64. The highest BCUT2D eigenvalue weighted by Crippen LogP contribution is 2.26. The molecule has 1 saturated heterocycles. The van der Waals surface area contributed by atoms with Crippen molar-refractivity contribution < 1.29 is 9.59 Å². The van der Waals surface area contributed by atoms with E-state index in [2.05, 4.69) is 27.0 Å². The van der Waals surface area contributed by atoms with E-state index in [0.29, 0.717) is 12.2 Å². The van der Waals surface area contributed by atoms with Crippen molar-refractivity contribution in [3.05, 3.63) is 52.7 Å². The summed E-state index contributed by atoms with van der Waals surface area (Å²) in [6, 6.07) is 11.2. The number of para-hydroxylation sites is 1. The van der Waals surface area contributed by atoms with Gasteiger partial charge >= 0.3 is 11.8 Å². The van der Waals surface area contributed by atoms with Crippen molar-refractivity contribution in [3.63, 3.8) is 0 Å². The molecule has 2 aromatic rings. The van der Waals surface area contributed by atoms with Crippen molar-refractivity contribution in [3.8, 4) is 0 Å². The first kappa shape index (κ1) is 16.7. The number of hydrogen-bond acceptors (Lipinski definition) is 4. The number of thiophene rings is 1. The Morgan fingerprint density at radius 3 is 2.50 bits per heavy atom. The minimum absolute atomic E-state index is 0.132. The van der Waals surface area contributed by atoms with Crippen LogP contribution < -0.4 is 10.6 Å². The molecule has 1 fully saturated rings. The third-order valence-electron chi connectivity index (χ3n) is 4.20. The summed E-state index contributed by atoms with van der Waals surface area (Å²) in [4.78, 5) is 26.5. The molecule has 6 heteroatoms. The highest BCUT2D eigenvalue weighted by molar-refractivity contribution is 7.08. The Hall–Kier alpha value is -2.18. The summed E-state index contributed by atoms with van der Waals surface area (Å²) in [5.41, 5.74) is 1.82. The zero-order valence-electron chi connectivity index (χ0n) is 13.4. The van der Waals surface area contributed by atoms with Crippen LogP contribution in [0.25, 0.3) is 0 Å². The molecule has 0 spiro atoms. The zero-order valence-corrected chi connectivity index (χ0v) is 14.2. The van der Waals surface area contributed by atoms with E-state index in [0.717, 1.165) is 13.1 Å². The van der Waals surface area contributed by atoms with Gasteiger partial charge in [0, 0.05) is 12.2 Å². The highest BCUT2D eigenvalue weighted by Gasteiger charge is 2.25. The Bertz CT molecular complexity index is 667. The minimum atomic E-state index is -0.633. The standard InChI is InChI=1S/C18H21N3O2S/c22-17(18(23)20-15-6-2-1-3-7-15)19-12-16(14-8-11-24-13-14)21-9-4-5-10-21/h1-3,6-8,11,13,16H,4-5,9-10,12H2,(H,19,22)(H,20,23). The van der Waals surface area contributed by atoms with Crippen LogP contribution in [-0.4, -0.2) is 36.3 Å². The molecule has 0 bridgehead atoms. The summed E-state index contributed by atoms with van der Waals surface area (Å²) >= 11 is 1.65. The Morgan fingerprint density at radius 1 is 1.08 bits per heavy atom. The first-order valence-corrected chi connectivity index (χ1v) is 9.08. The normalized spacial score (nSPS) is 15.8. The van der Waals surface area contributed by atoms with E-state index in [-0.39, 0.29) is 6.04 Å². The molecule has 3 rings (SSSR count). The number of anilines is 1. The van der Waals surface area contributed by atoms with Crippen molar-refractivity contribution in [1.29, 1.82) is 0 Å². The molecule has 1 atom stereocenters. The summed E-state index contributed by atoms with van der Waals surface area (Å²) < 4.78 is 0. The molecule has 1 aromatic carbocycles. The fraction of sp³-hybridized carbons (Fsp3) is 0.333. The second-order valence-corrected chi connectivity index (χ2v) is 6.63. The molecule has 2 heterocycles. The van der Waals surface area contributed by atoms with Crippen molar-refractivity contribution >= 4 is 28.8 Å². The summed E-state index contributed by atoms with van der Waals surface area (Å²) in [5, 5.41) is 9.54. The van der Waals surface area contributed by atoms with Gasteiger partial charge in [0.15, 0.2) is 0 Å².